The third-order valence-electron chi connectivity index (χ3n) is 6.16. The summed E-state index contributed by atoms with van der Waals surface area (Å²) in [5.41, 5.74) is 13.2. The van der Waals surface area contributed by atoms with Crippen LogP contribution in [-0.4, -0.2) is 0 Å². The Labute approximate surface area is 185 Å². The van der Waals surface area contributed by atoms with Crippen LogP contribution < -0.4 is 0 Å². The van der Waals surface area contributed by atoms with Gasteiger partial charge in [0, 0.05) is 0 Å². The highest BCUT2D eigenvalue weighted by atomic mass is 14.2. The predicted octanol–water partition coefficient (Wildman–Crippen LogP) is 8.38. The molecule has 0 N–H and O–H groups in total. The molecule has 4 aromatic carbocycles. The van der Waals surface area contributed by atoms with Gasteiger partial charge in [-0.05, 0) is 88.1 Å². The van der Waals surface area contributed by atoms with Crippen molar-refractivity contribution in [3.63, 3.8) is 0 Å². The molecule has 1 aliphatic rings. The molecule has 0 heterocycles. The monoisotopic (exact) mass is 398 g/mol. The molecule has 31 heavy (non-hydrogen) atoms. The molecule has 0 amide bonds. The highest BCUT2D eigenvalue weighted by Gasteiger charge is 2.18. The molecule has 5 rings (SSSR count). The molecule has 4 aromatic rings. The van der Waals surface area contributed by atoms with E-state index in [1.807, 2.05) is 0 Å². The SMILES string of the molecule is CC(=Cc1ccc2c(c1)-c1cc(C=C(C)c3ccccc3)ccc1C2)c1ccccc1. The Morgan fingerprint density at radius 1 is 0.548 bits per heavy atom. The van der Waals surface area contributed by atoms with Crippen molar-refractivity contribution in [2.45, 2.75) is 20.3 Å². The molecule has 0 heteroatoms. The van der Waals surface area contributed by atoms with Gasteiger partial charge in [0.25, 0.3) is 0 Å². The summed E-state index contributed by atoms with van der Waals surface area (Å²) in [7, 11) is 0. The van der Waals surface area contributed by atoms with Crippen molar-refractivity contribution in [3.05, 3.63) is 130 Å². The summed E-state index contributed by atoms with van der Waals surface area (Å²) in [4.78, 5) is 0. The van der Waals surface area contributed by atoms with Crippen LogP contribution in [0.5, 0.6) is 0 Å². The van der Waals surface area contributed by atoms with Gasteiger partial charge in [-0.25, -0.2) is 0 Å². The quantitative estimate of drug-likeness (QED) is 0.267. The zero-order chi connectivity index (χ0) is 21.2. The van der Waals surface area contributed by atoms with Crippen LogP contribution in [0.25, 0.3) is 34.4 Å². The first kappa shape index (κ1) is 19.3. The number of hydrogen-bond donors (Lipinski definition) is 0. The van der Waals surface area contributed by atoms with Crippen LogP contribution in [0.4, 0.5) is 0 Å². The summed E-state index contributed by atoms with van der Waals surface area (Å²) in [5, 5.41) is 0. The Kier molecular flexibility index (Phi) is 5.14. The van der Waals surface area contributed by atoms with E-state index in [4.69, 9.17) is 0 Å². The van der Waals surface area contributed by atoms with E-state index in [2.05, 4.69) is 123 Å². The number of hydrogen-bond acceptors (Lipinski definition) is 0. The summed E-state index contributed by atoms with van der Waals surface area (Å²) in [6.07, 6.45) is 5.60. The smallest absolute Gasteiger partial charge is 0.00134 e. The lowest BCUT2D eigenvalue weighted by atomic mass is 9.98. The Hall–Kier alpha value is -3.64. The second-order valence-corrected chi connectivity index (χ2v) is 8.40. The van der Waals surface area contributed by atoms with Gasteiger partial charge in [0.2, 0.25) is 0 Å². The zero-order valence-electron chi connectivity index (χ0n) is 18.1. The highest BCUT2D eigenvalue weighted by molar-refractivity contribution is 5.86. The maximum atomic E-state index is 2.35. The summed E-state index contributed by atoms with van der Waals surface area (Å²) in [6.45, 7) is 4.37. The Bertz CT molecular complexity index is 1190. The molecule has 0 unspecified atom stereocenters. The maximum absolute atomic E-state index is 2.35. The van der Waals surface area contributed by atoms with Gasteiger partial charge < -0.3 is 0 Å². The van der Waals surface area contributed by atoms with E-state index in [1.165, 1.54) is 55.7 Å². The Morgan fingerprint density at radius 2 is 0.968 bits per heavy atom. The minimum atomic E-state index is 1.02. The van der Waals surface area contributed by atoms with Crippen molar-refractivity contribution in [3.8, 4) is 11.1 Å². The Morgan fingerprint density at radius 3 is 1.39 bits per heavy atom. The second kappa shape index (κ2) is 8.24. The van der Waals surface area contributed by atoms with Crippen molar-refractivity contribution < 1.29 is 0 Å². The molecule has 150 valence electrons. The number of benzene rings is 4. The molecule has 0 nitrogen and oxygen atoms in total. The standard InChI is InChI=1S/C31H26/c1-22(26-9-5-3-6-10-26)17-24-13-15-28-21-29-16-14-25(20-31(29)30(28)19-24)18-23(2)27-11-7-4-8-12-27/h3-20H,21H2,1-2H3. The zero-order valence-corrected chi connectivity index (χ0v) is 18.1. The van der Waals surface area contributed by atoms with E-state index >= 15 is 0 Å². The van der Waals surface area contributed by atoms with Gasteiger partial charge in [0.15, 0.2) is 0 Å². The van der Waals surface area contributed by atoms with Gasteiger partial charge in [0.1, 0.15) is 0 Å². The molecule has 0 radical (unpaired) electrons. The van der Waals surface area contributed by atoms with Crippen LogP contribution in [0, 0.1) is 0 Å². The summed E-state index contributed by atoms with van der Waals surface area (Å²) < 4.78 is 0. The first-order chi connectivity index (χ1) is 15.2. The van der Waals surface area contributed by atoms with E-state index in [1.54, 1.807) is 0 Å². The number of rotatable bonds is 4. The van der Waals surface area contributed by atoms with Crippen LogP contribution in [-0.2, 0) is 6.42 Å². The van der Waals surface area contributed by atoms with Gasteiger partial charge >= 0.3 is 0 Å². The molecule has 0 fully saturated rings. The second-order valence-electron chi connectivity index (χ2n) is 8.40. The molecule has 1 aliphatic carbocycles. The molecular weight excluding hydrogens is 372 g/mol. The van der Waals surface area contributed by atoms with Crippen LogP contribution >= 0.6 is 0 Å². The van der Waals surface area contributed by atoms with Gasteiger partial charge in [-0.2, -0.15) is 0 Å². The topological polar surface area (TPSA) is 0 Å². The van der Waals surface area contributed by atoms with E-state index in [0.29, 0.717) is 0 Å². The number of fused-ring (bicyclic) bond motifs is 3. The summed E-state index contributed by atoms with van der Waals surface area (Å²) in [6, 6.07) is 35.0. The van der Waals surface area contributed by atoms with Gasteiger partial charge in [0.05, 0.1) is 0 Å². The lowest BCUT2D eigenvalue weighted by molar-refractivity contribution is 1.26. The Balaban J connectivity index is 1.49. The van der Waals surface area contributed by atoms with Crippen LogP contribution in [0.1, 0.15) is 47.2 Å². The minimum Gasteiger partial charge on any atom is -0.0622 e. The fourth-order valence-corrected chi connectivity index (χ4v) is 4.45. The first-order valence-corrected chi connectivity index (χ1v) is 10.9. The van der Waals surface area contributed by atoms with Gasteiger partial charge in [-0.15, -0.1) is 0 Å². The van der Waals surface area contributed by atoms with Crippen molar-refractivity contribution >= 4 is 23.3 Å². The molecule has 0 spiro atoms. The van der Waals surface area contributed by atoms with Crippen molar-refractivity contribution in [2.75, 3.05) is 0 Å². The molecule has 0 bridgehead atoms. The molecule has 0 aliphatic heterocycles. The summed E-state index contributed by atoms with van der Waals surface area (Å²) >= 11 is 0. The van der Waals surface area contributed by atoms with Crippen molar-refractivity contribution in [1.82, 2.24) is 0 Å². The van der Waals surface area contributed by atoms with Crippen molar-refractivity contribution in [1.29, 1.82) is 0 Å². The molecule has 0 aromatic heterocycles. The predicted molar refractivity (Wildman–Crippen MR) is 135 cm³/mol. The van der Waals surface area contributed by atoms with Gasteiger partial charge in [-0.3, -0.25) is 0 Å². The van der Waals surface area contributed by atoms with Crippen LogP contribution in [0.15, 0.2) is 97.1 Å². The number of allylic oxidation sites excluding steroid dienone is 2. The molecule has 0 saturated heterocycles. The highest BCUT2D eigenvalue weighted by Crippen LogP contribution is 2.38. The van der Waals surface area contributed by atoms with E-state index in [0.717, 1.165) is 6.42 Å². The molecule has 0 saturated carbocycles. The lowest BCUT2D eigenvalue weighted by Gasteiger charge is -2.07. The molecular formula is C31H26. The normalized spacial score (nSPS) is 13.1. The first-order valence-electron chi connectivity index (χ1n) is 10.9. The fourth-order valence-electron chi connectivity index (χ4n) is 4.45. The van der Waals surface area contributed by atoms with Crippen LogP contribution in [0.2, 0.25) is 0 Å². The third-order valence-corrected chi connectivity index (χ3v) is 6.16. The fraction of sp³-hybridized carbons (Fsp3) is 0.0968. The third kappa shape index (κ3) is 4.02. The van der Waals surface area contributed by atoms with Crippen molar-refractivity contribution in [2.24, 2.45) is 0 Å². The molecule has 0 atom stereocenters. The average Bonchev–Trinajstić information content (AvgIpc) is 3.17. The van der Waals surface area contributed by atoms with E-state index in [9.17, 15) is 0 Å². The van der Waals surface area contributed by atoms with E-state index in [-0.39, 0.29) is 0 Å². The van der Waals surface area contributed by atoms with E-state index < -0.39 is 0 Å². The minimum absolute atomic E-state index is 1.02. The lowest BCUT2D eigenvalue weighted by Crippen LogP contribution is -1.84. The summed E-state index contributed by atoms with van der Waals surface area (Å²) in [5.74, 6) is 0. The largest absolute Gasteiger partial charge is 0.0622 e. The van der Waals surface area contributed by atoms with Crippen LogP contribution in [0.3, 0.4) is 0 Å². The van der Waals surface area contributed by atoms with Gasteiger partial charge in [-0.1, -0.05) is 97.1 Å². The average molecular weight is 399 g/mol. The maximum Gasteiger partial charge on any atom is -0.00134 e.